The Kier molecular flexibility index (Phi) is 6.30. The predicted octanol–water partition coefficient (Wildman–Crippen LogP) is 3.42. The molecule has 26 heavy (non-hydrogen) atoms. The van der Waals surface area contributed by atoms with Crippen LogP contribution in [0.4, 0.5) is 5.69 Å². The van der Waals surface area contributed by atoms with Gasteiger partial charge in [0.1, 0.15) is 0 Å². The van der Waals surface area contributed by atoms with Gasteiger partial charge in [0.15, 0.2) is 0 Å². The average molecular weight is 357 g/mol. The van der Waals surface area contributed by atoms with E-state index in [1.54, 1.807) is 18.2 Å². The molecular weight excluding hydrogens is 326 g/mol. The first-order valence-corrected chi connectivity index (χ1v) is 10.0. The van der Waals surface area contributed by atoms with E-state index in [9.17, 15) is 9.59 Å². The number of anilines is 1. The van der Waals surface area contributed by atoms with Gasteiger partial charge in [-0.05, 0) is 69.6 Å². The number of nitrogens with one attached hydrogen (secondary N) is 2. The van der Waals surface area contributed by atoms with Crippen LogP contribution in [0.1, 0.15) is 62.7 Å². The fraction of sp³-hybridized carbons (Fsp3) is 0.619. The Bertz CT molecular complexity index is 634. The van der Waals surface area contributed by atoms with Crippen molar-refractivity contribution in [3.05, 3.63) is 29.8 Å². The largest absolute Gasteiger partial charge is 0.352 e. The molecule has 0 unspecified atom stereocenters. The van der Waals surface area contributed by atoms with Crippen LogP contribution in [0.3, 0.4) is 0 Å². The van der Waals surface area contributed by atoms with Crippen LogP contribution in [0.25, 0.3) is 0 Å². The topological polar surface area (TPSA) is 61.4 Å². The highest BCUT2D eigenvalue weighted by Crippen LogP contribution is 2.35. The lowest BCUT2D eigenvalue weighted by atomic mass is 9.86. The van der Waals surface area contributed by atoms with Crippen molar-refractivity contribution in [1.29, 1.82) is 0 Å². The molecule has 2 aliphatic carbocycles. The van der Waals surface area contributed by atoms with E-state index in [4.69, 9.17) is 0 Å². The molecular formula is C21H31N3O2. The van der Waals surface area contributed by atoms with Crippen LogP contribution in [-0.2, 0) is 4.79 Å². The minimum Gasteiger partial charge on any atom is -0.352 e. The molecule has 0 bridgehead atoms. The van der Waals surface area contributed by atoms with Gasteiger partial charge in [-0.15, -0.1) is 0 Å². The van der Waals surface area contributed by atoms with Crippen molar-refractivity contribution in [2.45, 2.75) is 64.5 Å². The molecule has 0 aliphatic heterocycles. The van der Waals surface area contributed by atoms with E-state index in [1.165, 1.54) is 38.5 Å². The minimum absolute atomic E-state index is 0.0172. The Balaban J connectivity index is 1.58. The summed E-state index contributed by atoms with van der Waals surface area (Å²) in [7, 11) is 0. The molecule has 2 saturated carbocycles. The standard InChI is InChI=1S/C21H31N3O2/c1-3-22-21(26)16-5-4-6-17(13-16)23-20(25)14-24(19-11-12-19)18-9-7-15(2)8-10-18/h4-6,13,15,18-19H,3,7-12,14H2,1-2H3,(H,22,26)(H,23,25). The van der Waals surface area contributed by atoms with Gasteiger partial charge in [0.2, 0.25) is 5.91 Å². The highest BCUT2D eigenvalue weighted by atomic mass is 16.2. The summed E-state index contributed by atoms with van der Waals surface area (Å²) in [6.07, 6.45) is 7.38. The molecule has 2 fully saturated rings. The van der Waals surface area contributed by atoms with E-state index in [0.717, 1.165) is 5.92 Å². The molecule has 0 atom stereocenters. The quantitative estimate of drug-likeness (QED) is 0.786. The van der Waals surface area contributed by atoms with Crippen molar-refractivity contribution in [3.63, 3.8) is 0 Å². The van der Waals surface area contributed by atoms with Crippen LogP contribution < -0.4 is 10.6 Å². The summed E-state index contributed by atoms with van der Waals surface area (Å²) < 4.78 is 0. The summed E-state index contributed by atoms with van der Waals surface area (Å²) in [5.74, 6) is 0.723. The number of hydrogen-bond acceptors (Lipinski definition) is 3. The number of nitrogens with zero attached hydrogens (tertiary/aromatic N) is 1. The molecule has 2 amide bonds. The van der Waals surface area contributed by atoms with E-state index >= 15 is 0 Å². The molecule has 5 nitrogen and oxygen atoms in total. The van der Waals surface area contributed by atoms with E-state index in [-0.39, 0.29) is 11.8 Å². The molecule has 1 aromatic rings. The Hall–Kier alpha value is -1.88. The van der Waals surface area contributed by atoms with Crippen LogP contribution >= 0.6 is 0 Å². The van der Waals surface area contributed by atoms with Crippen molar-refractivity contribution in [2.75, 3.05) is 18.4 Å². The molecule has 2 N–H and O–H groups in total. The molecule has 3 rings (SSSR count). The molecule has 1 aromatic carbocycles. The number of hydrogen-bond donors (Lipinski definition) is 2. The maximum atomic E-state index is 12.6. The first-order chi connectivity index (χ1) is 12.6. The zero-order chi connectivity index (χ0) is 18.5. The zero-order valence-electron chi connectivity index (χ0n) is 16.0. The van der Waals surface area contributed by atoms with Crippen LogP contribution in [-0.4, -0.2) is 41.9 Å². The Labute approximate surface area is 156 Å². The summed E-state index contributed by atoms with van der Waals surface area (Å²) in [5.41, 5.74) is 1.26. The molecule has 142 valence electrons. The number of rotatable bonds is 7. The third-order valence-corrected chi connectivity index (χ3v) is 5.54. The van der Waals surface area contributed by atoms with Gasteiger partial charge in [-0.25, -0.2) is 0 Å². The molecule has 5 heteroatoms. The summed E-state index contributed by atoms with van der Waals surface area (Å²) in [4.78, 5) is 27.0. The average Bonchev–Trinajstić information content (AvgIpc) is 3.46. The maximum absolute atomic E-state index is 12.6. The third-order valence-electron chi connectivity index (χ3n) is 5.54. The van der Waals surface area contributed by atoms with Crippen molar-refractivity contribution in [2.24, 2.45) is 5.92 Å². The minimum atomic E-state index is -0.112. The van der Waals surface area contributed by atoms with Gasteiger partial charge in [-0.2, -0.15) is 0 Å². The number of amides is 2. The molecule has 0 saturated heterocycles. The molecule has 0 radical (unpaired) electrons. The number of carbonyl (C=O) groups excluding carboxylic acids is 2. The van der Waals surface area contributed by atoms with Crippen LogP contribution in [0.15, 0.2) is 24.3 Å². The van der Waals surface area contributed by atoms with Crippen molar-refractivity contribution in [3.8, 4) is 0 Å². The first kappa shape index (κ1) is 18.9. The fourth-order valence-corrected chi connectivity index (χ4v) is 3.90. The smallest absolute Gasteiger partial charge is 0.251 e. The van der Waals surface area contributed by atoms with Gasteiger partial charge < -0.3 is 10.6 Å². The lowest BCUT2D eigenvalue weighted by molar-refractivity contribution is -0.118. The van der Waals surface area contributed by atoms with Crippen molar-refractivity contribution < 1.29 is 9.59 Å². The van der Waals surface area contributed by atoms with E-state index in [0.29, 0.717) is 36.4 Å². The van der Waals surface area contributed by atoms with Crippen molar-refractivity contribution in [1.82, 2.24) is 10.2 Å². The zero-order valence-corrected chi connectivity index (χ0v) is 16.0. The van der Waals surface area contributed by atoms with Gasteiger partial charge >= 0.3 is 0 Å². The molecule has 0 spiro atoms. The second-order valence-corrected chi connectivity index (χ2v) is 7.81. The lowest BCUT2D eigenvalue weighted by Gasteiger charge is -2.36. The Morgan fingerprint density at radius 3 is 2.35 bits per heavy atom. The molecule has 0 aromatic heterocycles. The van der Waals surface area contributed by atoms with Crippen LogP contribution in [0, 0.1) is 5.92 Å². The summed E-state index contributed by atoms with van der Waals surface area (Å²) in [5, 5.41) is 5.76. The second kappa shape index (κ2) is 8.67. The molecule has 0 heterocycles. The van der Waals surface area contributed by atoms with Crippen molar-refractivity contribution >= 4 is 17.5 Å². The van der Waals surface area contributed by atoms with Gasteiger partial charge in [-0.1, -0.05) is 13.0 Å². The summed E-state index contributed by atoms with van der Waals surface area (Å²) in [6.45, 7) is 5.26. The molecule has 2 aliphatic rings. The van der Waals surface area contributed by atoms with E-state index in [2.05, 4.69) is 22.5 Å². The third kappa shape index (κ3) is 5.07. The highest BCUT2D eigenvalue weighted by molar-refractivity contribution is 5.97. The van der Waals surface area contributed by atoms with Crippen LogP contribution in [0.5, 0.6) is 0 Å². The number of carbonyl (C=O) groups is 2. The summed E-state index contributed by atoms with van der Waals surface area (Å²) >= 11 is 0. The van der Waals surface area contributed by atoms with Crippen LogP contribution in [0.2, 0.25) is 0 Å². The van der Waals surface area contributed by atoms with E-state index < -0.39 is 0 Å². The highest BCUT2D eigenvalue weighted by Gasteiger charge is 2.36. The fourth-order valence-electron chi connectivity index (χ4n) is 3.90. The number of benzene rings is 1. The van der Waals surface area contributed by atoms with Gasteiger partial charge in [-0.3, -0.25) is 14.5 Å². The monoisotopic (exact) mass is 357 g/mol. The van der Waals surface area contributed by atoms with E-state index in [1.807, 2.05) is 13.0 Å². The predicted molar refractivity (Wildman–Crippen MR) is 104 cm³/mol. The second-order valence-electron chi connectivity index (χ2n) is 7.81. The first-order valence-electron chi connectivity index (χ1n) is 10.0. The normalized spacial score (nSPS) is 22.9. The summed E-state index contributed by atoms with van der Waals surface area (Å²) in [6, 6.07) is 8.28. The van der Waals surface area contributed by atoms with Gasteiger partial charge in [0.05, 0.1) is 6.54 Å². The van der Waals surface area contributed by atoms with Gasteiger partial charge in [0, 0.05) is 29.9 Å². The van der Waals surface area contributed by atoms with Gasteiger partial charge in [0.25, 0.3) is 5.91 Å². The Morgan fingerprint density at radius 2 is 1.73 bits per heavy atom. The Morgan fingerprint density at radius 1 is 1.08 bits per heavy atom. The lowest BCUT2D eigenvalue weighted by Crippen LogP contribution is -2.44. The SMILES string of the molecule is CCNC(=O)c1cccc(NC(=O)CN(C2CCC(C)CC2)C2CC2)c1. The maximum Gasteiger partial charge on any atom is 0.251 e.